The van der Waals surface area contributed by atoms with E-state index >= 15 is 0 Å². The van der Waals surface area contributed by atoms with Gasteiger partial charge < -0.3 is 15.4 Å². The molecule has 0 bridgehead atoms. The van der Waals surface area contributed by atoms with Crippen LogP contribution in [0.2, 0.25) is 0 Å². The number of anilines is 1. The molecule has 0 aliphatic heterocycles. The average molecular weight is 474 g/mol. The number of carbonyl (C=O) groups excluding carboxylic acids is 3. The van der Waals surface area contributed by atoms with Crippen molar-refractivity contribution in [3.63, 3.8) is 0 Å². The fourth-order valence-electron chi connectivity index (χ4n) is 2.88. The van der Waals surface area contributed by atoms with Crippen LogP contribution in [0.15, 0.2) is 78.9 Å². The molecular formula is C24H18F4N2O4. The highest BCUT2D eigenvalue weighted by atomic mass is 19.4. The molecule has 0 radical (unpaired) electrons. The molecule has 1 atom stereocenters. The van der Waals surface area contributed by atoms with Crippen LogP contribution in [0.3, 0.4) is 0 Å². The molecule has 2 amide bonds. The minimum absolute atomic E-state index is 0.0885. The third-order valence-electron chi connectivity index (χ3n) is 4.57. The smallest absolute Gasteiger partial charge is 0.416 e. The van der Waals surface area contributed by atoms with Crippen molar-refractivity contribution in [1.82, 2.24) is 5.32 Å². The molecule has 1 unspecified atom stereocenters. The van der Waals surface area contributed by atoms with Crippen LogP contribution in [0.5, 0.6) is 0 Å². The molecule has 176 valence electrons. The van der Waals surface area contributed by atoms with Gasteiger partial charge in [-0.15, -0.1) is 0 Å². The number of halogens is 4. The first kappa shape index (κ1) is 24.4. The zero-order chi connectivity index (χ0) is 24.7. The van der Waals surface area contributed by atoms with Crippen molar-refractivity contribution in [3.05, 3.63) is 101 Å². The lowest BCUT2D eigenvalue weighted by atomic mass is 10.1. The first-order valence-corrected chi connectivity index (χ1v) is 9.90. The number of hydrogen-bond donors (Lipinski definition) is 2. The number of nitrogens with one attached hydrogen (secondary N) is 2. The summed E-state index contributed by atoms with van der Waals surface area (Å²) >= 11 is 0. The lowest BCUT2D eigenvalue weighted by Crippen LogP contribution is -2.33. The van der Waals surface area contributed by atoms with Gasteiger partial charge in [-0.05, 0) is 48.5 Å². The number of ether oxygens (including phenoxy) is 1. The quantitative estimate of drug-likeness (QED) is 0.390. The van der Waals surface area contributed by atoms with Gasteiger partial charge in [-0.2, -0.15) is 13.2 Å². The van der Waals surface area contributed by atoms with Gasteiger partial charge in [0.2, 0.25) is 6.10 Å². The van der Waals surface area contributed by atoms with Crippen LogP contribution in [0, 0.1) is 5.82 Å². The third-order valence-corrected chi connectivity index (χ3v) is 4.57. The fourth-order valence-corrected chi connectivity index (χ4v) is 2.88. The summed E-state index contributed by atoms with van der Waals surface area (Å²) in [5.41, 5.74) is -0.376. The number of rotatable bonds is 7. The number of esters is 1. The summed E-state index contributed by atoms with van der Waals surface area (Å²) in [4.78, 5) is 37.2. The second-order valence-corrected chi connectivity index (χ2v) is 7.03. The molecule has 0 saturated heterocycles. The number of amides is 2. The topological polar surface area (TPSA) is 84.5 Å². The highest BCUT2D eigenvalue weighted by molar-refractivity contribution is 5.98. The Labute approximate surface area is 191 Å². The first-order valence-electron chi connectivity index (χ1n) is 9.90. The standard InChI is InChI=1S/C24H18F4N2O4/c25-18-10-12-19(13-11-18)30-23(33)21(15-4-2-1-3-5-15)34-20(31)14-29-22(32)16-6-8-17(9-7-16)24(26,27)28/h1-13,21H,14H2,(H,29,32)(H,30,33). The van der Waals surface area contributed by atoms with Crippen molar-refractivity contribution in [1.29, 1.82) is 0 Å². The Morgan fingerprint density at radius 1 is 0.853 bits per heavy atom. The minimum Gasteiger partial charge on any atom is -0.446 e. The largest absolute Gasteiger partial charge is 0.446 e. The monoisotopic (exact) mass is 474 g/mol. The predicted molar refractivity (Wildman–Crippen MR) is 114 cm³/mol. The predicted octanol–water partition coefficient (Wildman–Crippen LogP) is 4.50. The van der Waals surface area contributed by atoms with Crippen LogP contribution in [0.4, 0.5) is 23.2 Å². The second kappa shape index (κ2) is 10.6. The number of hydrogen-bond acceptors (Lipinski definition) is 4. The van der Waals surface area contributed by atoms with Gasteiger partial charge in [0, 0.05) is 16.8 Å². The maximum Gasteiger partial charge on any atom is 0.416 e. The summed E-state index contributed by atoms with van der Waals surface area (Å²) in [6.07, 6.45) is -5.92. The van der Waals surface area contributed by atoms with Gasteiger partial charge in [-0.25, -0.2) is 4.39 Å². The van der Waals surface area contributed by atoms with E-state index in [0.717, 1.165) is 36.4 Å². The minimum atomic E-state index is -4.54. The SMILES string of the molecule is O=C(CNC(=O)c1ccc(C(F)(F)F)cc1)OC(C(=O)Nc1ccc(F)cc1)c1ccccc1. The van der Waals surface area contributed by atoms with Crippen molar-refractivity contribution < 1.29 is 36.7 Å². The summed E-state index contributed by atoms with van der Waals surface area (Å²) in [6.45, 7) is -0.632. The van der Waals surface area contributed by atoms with Crippen LogP contribution in [-0.4, -0.2) is 24.3 Å². The van der Waals surface area contributed by atoms with Crippen LogP contribution < -0.4 is 10.6 Å². The van der Waals surface area contributed by atoms with Crippen LogP contribution >= 0.6 is 0 Å². The van der Waals surface area contributed by atoms with E-state index < -0.39 is 48.0 Å². The van der Waals surface area contributed by atoms with Crippen LogP contribution in [0.25, 0.3) is 0 Å². The Morgan fingerprint density at radius 2 is 1.47 bits per heavy atom. The second-order valence-electron chi connectivity index (χ2n) is 7.03. The number of carbonyl (C=O) groups is 3. The van der Waals surface area contributed by atoms with Gasteiger partial charge in [0.15, 0.2) is 0 Å². The Kier molecular flexibility index (Phi) is 7.62. The molecule has 0 heterocycles. The molecule has 0 aliphatic carbocycles. The summed E-state index contributed by atoms with van der Waals surface area (Å²) < 4.78 is 56.3. The molecule has 34 heavy (non-hydrogen) atoms. The Morgan fingerprint density at radius 3 is 2.06 bits per heavy atom. The maximum absolute atomic E-state index is 13.1. The van der Waals surface area contributed by atoms with Gasteiger partial charge in [-0.3, -0.25) is 14.4 Å². The highest BCUT2D eigenvalue weighted by Gasteiger charge is 2.30. The van der Waals surface area contributed by atoms with Crippen molar-refractivity contribution in [2.24, 2.45) is 0 Å². The van der Waals surface area contributed by atoms with Crippen molar-refractivity contribution in [2.45, 2.75) is 12.3 Å². The molecule has 2 N–H and O–H groups in total. The van der Waals surface area contributed by atoms with E-state index in [9.17, 15) is 31.9 Å². The van der Waals surface area contributed by atoms with Crippen molar-refractivity contribution >= 4 is 23.5 Å². The van der Waals surface area contributed by atoms with E-state index in [2.05, 4.69) is 10.6 Å². The summed E-state index contributed by atoms with van der Waals surface area (Å²) in [6, 6.07) is 16.5. The molecular weight excluding hydrogens is 456 g/mol. The molecule has 6 nitrogen and oxygen atoms in total. The van der Waals surface area contributed by atoms with E-state index in [1.54, 1.807) is 30.3 Å². The van der Waals surface area contributed by atoms with Gasteiger partial charge in [0.05, 0.1) is 5.56 Å². The zero-order valence-electron chi connectivity index (χ0n) is 17.4. The maximum atomic E-state index is 13.1. The lowest BCUT2D eigenvalue weighted by molar-refractivity contribution is -0.153. The first-order chi connectivity index (χ1) is 16.1. The summed E-state index contributed by atoms with van der Waals surface area (Å²) in [5.74, 6) is -2.95. The summed E-state index contributed by atoms with van der Waals surface area (Å²) in [7, 11) is 0. The Hall–Kier alpha value is -4.21. The van der Waals surface area contributed by atoms with Crippen LogP contribution in [-0.2, 0) is 20.5 Å². The van der Waals surface area contributed by atoms with E-state index in [1.165, 1.54) is 12.1 Å². The number of alkyl halides is 3. The van der Waals surface area contributed by atoms with Gasteiger partial charge in [0.1, 0.15) is 12.4 Å². The molecule has 0 aliphatic rings. The fraction of sp³-hybridized carbons (Fsp3) is 0.125. The van der Waals surface area contributed by atoms with Crippen LogP contribution in [0.1, 0.15) is 27.6 Å². The zero-order valence-corrected chi connectivity index (χ0v) is 17.4. The Bertz CT molecular complexity index is 1150. The third kappa shape index (κ3) is 6.64. The van der Waals surface area contributed by atoms with Crippen molar-refractivity contribution in [2.75, 3.05) is 11.9 Å². The van der Waals surface area contributed by atoms with Crippen molar-refractivity contribution in [3.8, 4) is 0 Å². The molecule has 0 saturated carbocycles. The summed E-state index contributed by atoms with van der Waals surface area (Å²) in [5, 5.41) is 4.76. The number of benzene rings is 3. The molecule has 0 spiro atoms. The van der Waals surface area contributed by atoms with E-state index in [4.69, 9.17) is 4.74 Å². The molecule has 3 aromatic rings. The van der Waals surface area contributed by atoms with Gasteiger partial charge in [-0.1, -0.05) is 30.3 Å². The van der Waals surface area contributed by atoms with E-state index in [1.807, 2.05) is 0 Å². The molecule has 3 aromatic carbocycles. The lowest BCUT2D eigenvalue weighted by Gasteiger charge is -2.18. The Balaban J connectivity index is 1.64. The van der Waals surface area contributed by atoms with E-state index in [-0.39, 0.29) is 11.3 Å². The van der Waals surface area contributed by atoms with E-state index in [0.29, 0.717) is 5.56 Å². The molecule has 0 fully saturated rings. The van der Waals surface area contributed by atoms with Gasteiger partial charge in [0.25, 0.3) is 11.8 Å². The molecule has 10 heteroatoms. The normalized spacial score (nSPS) is 11.9. The molecule has 0 aromatic heterocycles. The average Bonchev–Trinajstić information content (AvgIpc) is 2.82. The molecule has 3 rings (SSSR count). The highest BCUT2D eigenvalue weighted by Crippen LogP contribution is 2.29. The van der Waals surface area contributed by atoms with Gasteiger partial charge >= 0.3 is 12.1 Å².